The second-order valence-corrected chi connectivity index (χ2v) is 4.17. The third-order valence-corrected chi connectivity index (χ3v) is 1.63. The maximum Gasteiger partial charge on any atom is 0.313 e. The van der Waals surface area contributed by atoms with Crippen LogP contribution >= 0.6 is 0 Å². The number of hydrogen-bond acceptors (Lipinski definition) is 5. The summed E-state index contributed by atoms with van der Waals surface area (Å²) in [6.45, 7) is 4.42. The number of ether oxygens (including phenoxy) is 1. The lowest BCUT2D eigenvalue weighted by atomic mass is 9.99. The molecule has 5 heteroatoms. The van der Waals surface area contributed by atoms with Crippen LogP contribution in [0.25, 0.3) is 0 Å². The molecule has 0 aromatic heterocycles. The molecule has 0 heterocycles. The average Bonchev–Trinajstić information content (AvgIpc) is 2.12. The molecule has 0 aliphatic carbocycles. The SMILES string of the molecule is CC(C)(O)C#CC(C)(O)CCC(=O)OC=O. The van der Waals surface area contributed by atoms with E-state index in [2.05, 4.69) is 16.6 Å². The summed E-state index contributed by atoms with van der Waals surface area (Å²) in [5.41, 5.74) is -2.60. The fourth-order valence-corrected chi connectivity index (χ4v) is 0.808. The molecule has 1 atom stereocenters. The molecule has 0 aliphatic heterocycles. The summed E-state index contributed by atoms with van der Waals surface area (Å²) in [5.74, 6) is 4.19. The largest absolute Gasteiger partial charge is 0.395 e. The minimum Gasteiger partial charge on any atom is -0.395 e. The molecule has 0 aliphatic rings. The Morgan fingerprint density at radius 3 is 2.31 bits per heavy atom. The maximum atomic E-state index is 10.8. The van der Waals surface area contributed by atoms with Crippen LogP contribution in [0.2, 0.25) is 0 Å². The van der Waals surface area contributed by atoms with Gasteiger partial charge in [0.25, 0.3) is 0 Å². The van der Waals surface area contributed by atoms with Crippen molar-refractivity contribution in [1.29, 1.82) is 0 Å². The molecular weight excluding hydrogens is 212 g/mol. The summed E-state index contributed by atoms with van der Waals surface area (Å²) in [4.78, 5) is 20.7. The van der Waals surface area contributed by atoms with Gasteiger partial charge in [-0.3, -0.25) is 9.59 Å². The Bertz CT molecular complexity index is 313. The minimum atomic E-state index is -1.40. The van der Waals surface area contributed by atoms with Crippen molar-refractivity contribution < 1.29 is 24.5 Å². The van der Waals surface area contributed by atoms with E-state index in [1.807, 2.05) is 0 Å². The van der Waals surface area contributed by atoms with Gasteiger partial charge in [0.05, 0.1) is 0 Å². The molecule has 0 saturated carbocycles. The van der Waals surface area contributed by atoms with Crippen LogP contribution in [0.4, 0.5) is 0 Å². The topological polar surface area (TPSA) is 83.8 Å². The van der Waals surface area contributed by atoms with Gasteiger partial charge in [-0.2, -0.15) is 0 Å². The third kappa shape index (κ3) is 7.97. The Labute approximate surface area is 94.4 Å². The summed E-state index contributed by atoms with van der Waals surface area (Å²) in [7, 11) is 0. The summed E-state index contributed by atoms with van der Waals surface area (Å²) >= 11 is 0. The first kappa shape index (κ1) is 14.6. The Hall–Kier alpha value is -1.38. The number of carbonyl (C=O) groups excluding carboxylic acids is 2. The lowest BCUT2D eigenvalue weighted by Gasteiger charge is -2.16. The zero-order chi connectivity index (χ0) is 12.8. The fourth-order valence-electron chi connectivity index (χ4n) is 0.808. The molecule has 16 heavy (non-hydrogen) atoms. The molecule has 0 saturated heterocycles. The summed E-state index contributed by atoms with van der Waals surface area (Å²) in [6.07, 6.45) is -0.0883. The van der Waals surface area contributed by atoms with Crippen molar-refractivity contribution in [2.45, 2.75) is 44.8 Å². The second-order valence-electron chi connectivity index (χ2n) is 4.17. The first-order valence-electron chi connectivity index (χ1n) is 4.78. The van der Waals surface area contributed by atoms with Crippen LogP contribution in [0.15, 0.2) is 0 Å². The van der Waals surface area contributed by atoms with Gasteiger partial charge in [0.2, 0.25) is 0 Å². The van der Waals surface area contributed by atoms with Crippen molar-refractivity contribution in [3.8, 4) is 11.8 Å². The van der Waals surface area contributed by atoms with Crippen LogP contribution in [-0.4, -0.2) is 33.9 Å². The number of carbonyl (C=O) groups is 2. The van der Waals surface area contributed by atoms with E-state index in [0.717, 1.165) is 0 Å². The van der Waals surface area contributed by atoms with E-state index in [0.29, 0.717) is 0 Å². The van der Waals surface area contributed by atoms with E-state index < -0.39 is 17.2 Å². The van der Waals surface area contributed by atoms with E-state index >= 15 is 0 Å². The molecule has 90 valence electrons. The fraction of sp³-hybridized carbons (Fsp3) is 0.636. The van der Waals surface area contributed by atoms with Crippen LogP contribution < -0.4 is 0 Å². The molecule has 1 unspecified atom stereocenters. The van der Waals surface area contributed by atoms with Crippen molar-refractivity contribution in [3.63, 3.8) is 0 Å². The molecule has 0 aromatic carbocycles. The van der Waals surface area contributed by atoms with Crippen molar-refractivity contribution in [2.24, 2.45) is 0 Å². The summed E-state index contributed by atoms with van der Waals surface area (Å²) in [5, 5.41) is 19.0. The molecule has 5 nitrogen and oxygen atoms in total. The highest BCUT2D eigenvalue weighted by Crippen LogP contribution is 2.12. The lowest BCUT2D eigenvalue weighted by Crippen LogP contribution is -2.25. The highest BCUT2D eigenvalue weighted by molar-refractivity contribution is 5.76. The average molecular weight is 228 g/mol. The smallest absolute Gasteiger partial charge is 0.313 e. The Morgan fingerprint density at radius 1 is 1.31 bits per heavy atom. The third-order valence-electron chi connectivity index (χ3n) is 1.63. The van der Waals surface area contributed by atoms with Gasteiger partial charge in [-0.25, -0.2) is 0 Å². The van der Waals surface area contributed by atoms with Crippen LogP contribution in [-0.2, 0) is 14.3 Å². The van der Waals surface area contributed by atoms with E-state index in [4.69, 9.17) is 0 Å². The van der Waals surface area contributed by atoms with Crippen LogP contribution in [0.5, 0.6) is 0 Å². The van der Waals surface area contributed by atoms with Gasteiger partial charge < -0.3 is 14.9 Å². The summed E-state index contributed by atoms with van der Waals surface area (Å²) in [6, 6.07) is 0. The highest BCUT2D eigenvalue weighted by atomic mass is 16.6. The van der Waals surface area contributed by atoms with Gasteiger partial charge in [0.15, 0.2) is 0 Å². The van der Waals surface area contributed by atoms with Gasteiger partial charge in [0, 0.05) is 6.42 Å². The van der Waals surface area contributed by atoms with Gasteiger partial charge in [-0.05, 0) is 27.2 Å². The van der Waals surface area contributed by atoms with E-state index in [9.17, 15) is 19.8 Å². The molecular formula is C11H16O5. The highest BCUT2D eigenvalue weighted by Gasteiger charge is 2.20. The van der Waals surface area contributed by atoms with Gasteiger partial charge in [-0.1, -0.05) is 11.8 Å². The molecule has 2 N–H and O–H groups in total. The molecule has 0 amide bonds. The van der Waals surface area contributed by atoms with Gasteiger partial charge in [0.1, 0.15) is 11.2 Å². The maximum absolute atomic E-state index is 10.8. The van der Waals surface area contributed by atoms with E-state index in [1.165, 1.54) is 20.8 Å². The Kier molecular flexibility index (Phi) is 5.15. The number of esters is 1. The Morgan fingerprint density at radius 2 is 1.88 bits per heavy atom. The van der Waals surface area contributed by atoms with Crippen LogP contribution in [0.1, 0.15) is 33.6 Å². The van der Waals surface area contributed by atoms with E-state index in [-0.39, 0.29) is 19.3 Å². The number of aliphatic hydroxyl groups is 2. The molecule has 0 fully saturated rings. The standard InChI is InChI=1S/C11H16O5/c1-10(2,14)6-7-11(3,15)5-4-9(13)16-8-12/h8,14-15H,4-5H2,1-3H3. The predicted octanol–water partition coefficient (Wildman–Crippen LogP) is -0.00850. The lowest BCUT2D eigenvalue weighted by molar-refractivity contribution is -0.152. The monoisotopic (exact) mass is 228 g/mol. The number of rotatable bonds is 4. The van der Waals surface area contributed by atoms with Crippen molar-refractivity contribution >= 4 is 12.4 Å². The van der Waals surface area contributed by atoms with Crippen LogP contribution in [0.3, 0.4) is 0 Å². The van der Waals surface area contributed by atoms with Gasteiger partial charge >= 0.3 is 12.4 Å². The van der Waals surface area contributed by atoms with Crippen molar-refractivity contribution in [1.82, 2.24) is 0 Å². The molecule has 0 rings (SSSR count). The molecule has 0 aromatic rings. The summed E-state index contributed by atoms with van der Waals surface area (Å²) < 4.78 is 4.05. The Balaban J connectivity index is 4.29. The zero-order valence-electron chi connectivity index (χ0n) is 9.61. The predicted molar refractivity (Wildman–Crippen MR) is 56.1 cm³/mol. The van der Waals surface area contributed by atoms with Crippen LogP contribution in [0, 0.1) is 11.8 Å². The van der Waals surface area contributed by atoms with E-state index in [1.54, 1.807) is 0 Å². The number of hydrogen-bond donors (Lipinski definition) is 2. The zero-order valence-corrected chi connectivity index (χ0v) is 9.61. The van der Waals surface area contributed by atoms with Crippen molar-refractivity contribution in [2.75, 3.05) is 0 Å². The second kappa shape index (κ2) is 5.64. The molecule has 0 radical (unpaired) electrons. The van der Waals surface area contributed by atoms with Crippen molar-refractivity contribution in [3.05, 3.63) is 0 Å². The normalized spacial score (nSPS) is 14.3. The molecule has 0 spiro atoms. The van der Waals surface area contributed by atoms with Gasteiger partial charge in [-0.15, -0.1) is 0 Å². The minimum absolute atomic E-state index is 0.0305. The first-order valence-corrected chi connectivity index (χ1v) is 4.78. The first-order chi connectivity index (χ1) is 7.16. The quantitative estimate of drug-likeness (QED) is 0.306. The molecule has 0 bridgehead atoms.